The van der Waals surface area contributed by atoms with Crippen molar-refractivity contribution in [2.24, 2.45) is 23.7 Å². The normalized spacial score (nSPS) is 34.3. The fourth-order valence-electron chi connectivity index (χ4n) is 6.20. The molecular weight excluding hydrogens is 324 g/mol. The Labute approximate surface area is 154 Å². The molecule has 0 spiro atoms. The lowest BCUT2D eigenvalue weighted by atomic mass is 9.54. The van der Waals surface area contributed by atoms with E-state index in [-0.39, 0.29) is 11.8 Å². The van der Waals surface area contributed by atoms with Crippen LogP contribution in [0.5, 0.6) is 0 Å². The van der Waals surface area contributed by atoms with Crippen LogP contribution in [-0.2, 0) is 4.79 Å². The SMILES string of the molecule is C=C1c2ccccc2C(=O)N1CCC(=O)NC1C2CC3CC(C2)CC1C3. The summed E-state index contributed by atoms with van der Waals surface area (Å²) in [5.41, 5.74) is 2.30. The van der Waals surface area contributed by atoms with Crippen LogP contribution in [0.4, 0.5) is 0 Å². The number of fused-ring (bicyclic) bond motifs is 1. The van der Waals surface area contributed by atoms with Crippen LogP contribution < -0.4 is 5.32 Å². The molecule has 1 aromatic carbocycles. The second kappa shape index (κ2) is 5.97. The van der Waals surface area contributed by atoms with Gasteiger partial charge in [-0.15, -0.1) is 0 Å². The van der Waals surface area contributed by atoms with Crippen LogP contribution in [0.15, 0.2) is 30.8 Å². The van der Waals surface area contributed by atoms with Gasteiger partial charge in [0.15, 0.2) is 0 Å². The van der Waals surface area contributed by atoms with Crippen LogP contribution >= 0.6 is 0 Å². The summed E-state index contributed by atoms with van der Waals surface area (Å²) in [7, 11) is 0. The molecule has 4 nitrogen and oxygen atoms in total. The molecular formula is C22H26N2O2. The summed E-state index contributed by atoms with van der Waals surface area (Å²) in [6.07, 6.45) is 6.97. The van der Waals surface area contributed by atoms with Gasteiger partial charge in [0.25, 0.3) is 5.91 Å². The van der Waals surface area contributed by atoms with E-state index in [0.717, 1.165) is 17.4 Å². The van der Waals surface area contributed by atoms with Gasteiger partial charge in [0, 0.05) is 35.8 Å². The summed E-state index contributed by atoms with van der Waals surface area (Å²) >= 11 is 0. The van der Waals surface area contributed by atoms with Crippen molar-refractivity contribution >= 4 is 17.5 Å². The topological polar surface area (TPSA) is 49.4 Å². The number of hydrogen-bond acceptors (Lipinski definition) is 2. The van der Waals surface area contributed by atoms with Gasteiger partial charge in [-0.1, -0.05) is 24.8 Å². The Hall–Kier alpha value is -2.10. The molecule has 4 bridgehead atoms. The molecule has 136 valence electrons. The maximum absolute atomic E-state index is 12.6. The third-order valence-electron chi connectivity index (χ3n) is 7.16. The summed E-state index contributed by atoms with van der Waals surface area (Å²) < 4.78 is 0. The van der Waals surface area contributed by atoms with E-state index in [2.05, 4.69) is 11.9 Å². The van der Waals surface area contributed by atoms with Crippen molar-refractivity contribution in [3.63, 3.8) is 0 Å². The number of amides is 2. The van der Waals surface area contributed by atoms with Crippen molar-refractivity contribution in [1.29, 1.82) is 0 Å². The van der Waals surface area contributed by atoms with E-state index in [1.807, 2.05) is 24.3 Å². The minimum absolute atomic E-state index is 0.0342. The van der Waals surface area contributed by atoms with E-state index in [0.29, 0.717) is 42.1 Å². The predicted octanol–water partition coefficient (Wildman–Crippen LogP) is 3.44. The molecule has 26 heavy (non-hydrogen) atoms. The third kappa shape index (κ3) is 2.50. The second-order valence-electron chi connectivity index (χ2n) is 8.72. The molecule has 6 rings (SSSR count). The monoisotopic (exact) mass is 350 g/mol. The second-order valence-corrected chi connectivity index (χ2v) is 8.72. The Morgan fingerprint density at radius 1 is 1.04 bits per heavy atom. The van der Waals surface area contributed by atoms with Crippen molar-refractivity contribution < 1.29 is 9.59 Å². The number of nitrogens with one attached hydrogen (secondary N) is 1. The Morgan fingerprint density at radius 2 is 1.65 bits per heavy atom. The average molecular weight is 350 g/mol. The molecule has 0 aromatic heterocycles. The van der Waals surface area contributed by atoms with Gasteiger partial charge in [0.2, 0.25) is 5.91 Å². The first-order chi connectivity index (χ1) is 12.6. The fourth-order valence-corrected chi connectivity index (χ4v) is 6.20. The smallest absolute Gasteiger partial charge is 0.258 e. The van der Waals surface area contributed by atoms with Gasteiger partial charge in [-0.25, -0.2) is 0 Å². The van der Waals surface area contributed by atoms with E-state index in [1.165, 1.54) is 32.1 Å². The van der Waals surface area contributed by atoms with Crippen LogP contribution in [-0.4, -0.2) is 29.3 Å². The van der Waals surface area contributed by atoms with Gasteiger partial charge < -0.3 is 10.2 Å². The molecule has 1 aliphatic heterocycles. The largest absolute Gasteiger partial charge is 0.353 e. The number of hydrogen-bond donors (Lipinski definition) is 1. The van der Waals surface area contributed by atoms with Crippen LogP contribution in [0.25, 0.3) is 5.70 Å². The number of carbonyl (C=O) groups excluding carboxylic acids is 2. The molecule has 2 amide bonds. The van der Waals surface area contributed by atoms with Crippen LogP contribution in [0.3, 0.4) is 0 Å². The van der Waals surface area contributed by atoms with Gasteiger partial charge >= 0.3 is 0 Å². The molecule has 1 aromatic rings. The molecule has 0 atom stereocenters. The first-order valence-corrected chi connectivity index (χ1v) is 9.99. The lowest BCUT2D eigenvalue weighted by Gasteiger charge is -2.54. The van der Waals surface area contributed by atoms with Gasteiger partial charge in [-0.2, -0.15) is 0 Å². The predicted molar refractivity (Wildman–Crippen MR) is 100 cm³/mol. The first kappa shape index (κ1) is 16.1. The highest BCUT2D eigenvalue weighted by molar-refractivity contribution is 6.08. The molecule has 0 unspecified atom stereocenters. The van der Waals surface area contributed by atoms with Crippen LogP contribution in [0.1, 0.15) is 54.4 Å². The van der Waals surface area contributed by atoms with Gasteiger partial charge in [0.05, 0.1) is 0 Å². The Morgan fingerprint density at radius 3 is 2.27 bits per heavy atom. The minimum atomic E-state index is -0.0342. The number of benzene rings is 1. The quantitative estimate of drug-likeness (QED) is 0.904. The molecule has 4 heteroatoms. The zero-order valence-corrected chi connectivity index (χ0v) is 15.1. The lowest BCUT2D eigenvalue weighted by molar-refractivity contribution is -0.125. The van der Waals surface area contributed by atoms with Crippen LogP contribution in [0.2, 0.25) is 0 Å². The summed E-state index contributed by atoms with van der Waals surface area (Å²) in [5.74, 6) is 3.24. The van der Waals surface area contributed by atoms with Gasteiger partial charge in [0.1, 0.15) is 0 Å². The van der Waals surface area contributed by atoms with E-state index >= 15 is 0 Å². The molecule has 4 saturated carbocycles. The lowest BCUT2D eigenvalue weighted by Crippen LogP contribution is -2.56. The number of rotatable bonds is 4. The van der Waals surface area contributed by atoms with Gasteiger partial charge in [-0.05, 0) is 61.8 Å². The third-order valence-corrected chi connectivity index (χ3v) is 7.16. The van der Waals surface area contributed by atoms with E-state index < -0.39 is 0 Å². The van der Waals surface area contributed by atoms with Crippen molar-refractivity contribution in [2.45, 2.75) is 44.6 Å². The average Bonchev–Trinajstić information content (AvgIpc) is 2.87. The summed E-state index contributed by atoms with van der Waals surface area (Å²) in [6.45, 7) is 4.46. The highest BCUT2D eigenvalue weighted by Crippen LogP contribution is 2.53. The molecule has 4 aliphatic carbocycles. The van der Waals surface area contributed by atoms with E-state index in [1.54, 1.807) is 4.90 Å². The Bertz CT molecular complexity index is 721. The highest BCUT2D eigenvalue weighted by atomic mass is 16.2. The van der Waals surface area contributed by atoms with E-state index in [9.17, 15) is 9.59 Å². The molecule has 0 saturated heterocycles. The molecule has 5 aliphatic rings. The molecule has 4 fully saturated rings. The van der Waals surface area contributed by atoms with Crippen LogP contribution in [0, 0.1) is 23.7 Å². The maximum Gasteiger partial charge on any atom is 0.258 e. The van der Waals surface area contributed by atoms with Gasteiger partial charge in [-0.3, -0.25) is 9.59 Å². The minimum Gasteiger partial charge on any atom is -0.353 e. The van der Waals surface area contributed by atoms with Crippen molar-refractivity contribution in [3.05, 3.63) is 42.0 Å². The number of carbonyl (C=O) groups is 2. The Balaban J connectivity index is 1.20. The van der Waals surface area contributed by atoms with Crippen molar-refractivity contribution in [2.75, 3.05) is 6.54 Å². The molecule has 1 heterocycles. The zero-order valence-electron chi connectivity index (χ0n) is 15.1. The Kier molecular flexibility index (Phi) is 3.70. The molecule has 0 radical (unpaired) electrons. The fraction of sp³-hybridized carbons (Fsp3) is 0.545. The van der Waals surface area contributed by atoms with Crippen molar-refractivity contribution in [1.82, 2.24) is 10.2 Å². The highest BCUT2D eigenvalue weighted by Gasteiger charge is 2.48. The standard InChI is InChI=1S/C22H26N2O2/c1-13-18-4-2-3-5-19(18)22(26)24(13)7-6-20(25)23-21-16-9-14-8-15(11-16)12-17(21)10-14/h2-5,14-17,21H,1,6-12H2,(H,23,25). The summed E-state index contributed by atoms with van der Waals surface area (Å²) in [6, 6.07) is 7.90. The summed E-state index contributed by atoms with van der Waals surface area (Å²) in [4.78, 5) is 26.8. The number of nitrogens with zero attached hydrogens (tertiary/aromatic N) is 1. The van der Waals surface area contributed by atoms with E-state index in [4.69, 9.17) is 0 Å². The zero-order chi connectivity index (χ0) is 17.8. The summed E-state index contributed by atoms with van der Waals surface area (Å²) in [5, 5.41) is 3.33. The maximum atomic E-state index is 12.6. The van der Waals surface area contributed by atoms with Crippen molar-refractivity contribution in [3.8, 4) is 0 Å². The molecule has 1 N–H and O–H groups in total. The first-order valence-electron chi connectivity index (χ1n) is 9.99.